The number of Topliss-reactive ketones (excluding diaryl/α,β-unsaturated/α-hetero) is 1. The van der Waals surface area contributed by atoms with E-state index in [4.69, 9.17) is 11.6 Å². The molecule has 4 aromatic rings. The quantitative estimate of drug-likeness (QED) is 0.256. The molecular weight excluding hydrogens is 491 g/mol. The van der Waals surface area contributed by atoms with Crippen LogP contribution < -0.4 is 4.90 Å². The molecule has 1 saturated heterocycles. The van der Waals surface area contributed by atoms with E-state index in [9.17, 15) is 22.8 Å². The number of piperazine rings is 1. The van der Waals surface area contributed by atoms with E-state index in [1.54, 1.807) is 51.9 Å². The van der Waals surface area contributed by atoms with Crippen molar-refractivity contribution in [1.29, 1.82) is 0 Å². The SMILES string of the molecule is O=C(C(=O)N1CCN(c2cccc(C(F)(F)F)c2)CC1)c1c(-c2ccc(Cl)cc2)cc2ccccn12. The lowest BCUT2D eigenvalue weighted by molar-refractivity contribution is -0.137. The summed E-state index contributed by atoms with van der Waals surface area (Å²) in [6.07, 6.45) is -2.69. The number of carbonyl (C=O) groups excluding carboxylic acids is 2. The summed E-state index contributed by atoms with van der Waals surface area (Å²) in [6.45, 7) is 1.08. The van der Waals surface area contributed by atoms with Crippen molar-refractivity contribution in [2.75, 3.05) is 31.1 Å². The van der Waals surface area contributed by atoms with Gasteiger partial charge in [-0.3, -0.25) is 9.59 Å². The van der Waals surface area contributed by atoms with E-state index < -0.39 is 23.4 Å². The third-order valence-electron chi connectivity index (χ3n) is 6.35. The van der Waals surface area contributed by atoms with Crippen molar-refractivity contribution in [1.82, 2.24) is 9.30 Å². The summed E-state index contributed by atoms with van der Waals surface area (Å²) in [6, 6.07) is 19.5. The highest BCUT2D eigenvalue weighted by atomic mass is 35.5. The van der Waals surface area contributed by atoms with Crippen LogP contribution in [0.5, 0.6) is 0 Å². The van der Waals surface area contributed by atoms with Crippen LogP contribution >= 0.6 is 11.6 Å². The summed E-state index contributed by atoms with van der Waals surface area (Å²) in [5.41, 5.74) is 2.13. The highest BCUT2D eigenvalue weighted by Gasteiger charge is 2.33. The minimum atomic E-state index is -4.43. The number of nitrogens with zero attached hydrogens (tertiary/aromatic N) is 3. The van der Waals surface area contributed by atoms with Gasteiger partial charge in [-0.15, -0.1) is 0 Å². The molecule has 1 aliphatic heterocycles. The molecule has 184 valence electrons. The van der Waals surface area contributed by atoms with Crippen LogP contribution in [0.15, 0.2) is 79.0 Å². The fourth-order valence-electron chi connectivity index (χ4n) is 4.50. The minimum absolute atomic E-state index is 0.223. The summed E-state index contributed by atoms with van der Waals surface area (Å²) in [7, 11) is 0. The van der Waals surface area contributed by atoms with E-state index in [2.05, 4.69) is 0 Å². The number of rotatable bonds is 4. The molecule has 0 unspecified atom stereocenters. The Morgan fingerprint density at radius 1 is 0.833 bits per heavy atom. The number of ketones is 1. The van der Waals surface area contributed by atoms with Gasteiger partial charge in [-0.25, -0.2) is 0 Å². The lowest BCUT2D eigenvalue weighted by atomic mass is 10.0. The summed E-state index contributed by atoms with van der Waals surface area (Å²) in [5, 5.41) is 0.560. The summed E-state index contributed by atoms with van der Waals surface area (Å²) < 4.78 is 41.0. The maximum absolute atomic E-state index is 13.5. The lowest BCUT2D eigenvalue weighted by Gasteiger charge is -2.36. The Bertz CT molecular complexity index is 1440. The molecule has 2 aromatic carbocycles. The highest BCUT2D eigenvalue weighted by molar-refractivity contribution is 6.43. The van der Waals surface area contributed by atoms with Crippen LogP contribution in [0.25, 0.3) is 16.6 Å². The van der Waals surface area contributed by atoms with E-state index in [0.29, 0.717) is 29.4 Å². The van der Waals surface area contributed by atoms with Gasteiger partial charge in [0.15, 0.2) is 0 Å². The third-order valence-corrected chi connectivity index (χ3v) is 6.60. The summed E-state index contributed by atoms with van der Waals surface area (Å²) in [4.78, 5) is 30.0. The topological polar surface area (TPSA) is 45.0 Å². The number of carbonyl (C=O) groups is 2. The third kappa shape index (κ3) is 4.56. The fourth-order valence-corrected chi connectivity index (χ4v) is 4.62. The molecule has 2 aromatic heterocycles. The smallest absolute Gasteiger partial charge is 0.368 e. The Hall–Kier alpha value is -3.78. The van der Waals surface area contributed by atoms with Gasteiger partial charge in [0.2, 0.25) is 0 Å². The standard InChI is InChI=1S/C27H21ClF3N3O2/c28-20-9-7-18(8-10-20)23-17-22-5-1-2-11-34(22)24(23)25(35)26(36)33-14-12-32(13-15-33)21-6-3-4-19(16-21)27(29,30)31/h1-11,16-17H,12-15H2. The van der Waals surface area contributed by atoms with Gasteiger partial charge < -0.3 is 14.2 Å². The van der Waals surface area contributed by atoms with Gasteiger partial charge in [0.25, 0.3) is 11.7 Å². The zero-order valence-corrected chi connectivity index (χ0v) is 19.8. The maximum atomic E-state index is 13.5. The zero-order chi connectivity index (χ0) is 25.4. The van der Waals surface area contributed by atoms with Crippen LogP contribution in [-0.2, 0) is 11.0 Å². The van der Waals surface area contributed by atoms with Crippen LogP contribution in [-0.4, -0.2) is 47.2 Å². The summed E-state index contributed by atoms with van der Waals surface area (Å²) in [5.74, 6) is -1.28. The Morgan fingerprint density at radius 3 is 2.25 bits per heavy atom. The number of hydrogen-bond donors (Lipinski definition) is 0. The van der Waals surface area contributed by atoms with E-state index in [0.717, 1.165) is 23.2 Å². The number of pyridine rings is 1. The normalized spacial score (nSPS) is 14.3. The maximum Gasteiger partial charge on any atom is 0.416 e. The average molecular weight is 512 g/mol. The lowest BCUT2D eigenvalue weighted by Crippen LogP contribution is -2.50. The molecule has 36 heavy (non-hydrogen) atoms. The van der Waals surface area contributed by atoms with Crippen LogP contribution in [0.4, 0.5) is 18.9 Å². The van der Waals surface area contributed by atoms with Gasteiger partial charge >= 0.3 is 6.18 Å². The number of alkyl halides is 3. The van der Waals surface area contributed by atoms with Crippen molar-refractivity contribution in [2.24, 2.45) is 0 Å². The molecule has 0 saturated carbocycles. The fraction of sp³-hybridized carbons (Fsp3) is 0.185. The van der Waals surface area contributed by atoms with Gasteiger partial charge in [0.05, 0.1) is 5.56 Å². The van der Waals surface area contributed by atoms with Crippen LogP contribution in [0.3, 0.4) is 0 Å². The number of aromatic nitrogens is 1. The average Bonchev–Trinajstić information content (AvgIpc) is 3.27. The number of amides is 1. The second kappa shape index (κ2) is 9.35. The monoisotopic (exact) mass is 511 g/mol. The molecule has 9 heteroatoms. The minimum Gasteiger partial charge on any atom is -0.368 e. The van der Waals surface area contributed by atoms with Crippen molar-refractivity contribution >= 4 is 34.5 Å². The molecule has 1 amide bonds. The van der Waals surface area contributed by atoms with E-state index in [-0.39, 0.29) is 18.8 Å². The summed E-state index contributed by atoms with van der Waals surface area (Å²) >= 11 is 6.03. The van der Waals surface area contributed by atoms with Crippen molar-refractivity contribution in [3.8, 4) is 11.1 Å². The van der Waals surface area contributed by atoms with Crippen molar-refractivity contribution in [2.45, 2.75) is 6.18 Å². The Kier molecular flexibility index (Phi) is 6.22. The van der Waals surface area contributed by atoms with Crippen LogP contribution in [0, 0.1) is 0 Å². The van der Waals surface area contributed by atoms with Gasteiger partial charge in [0, 0.05) is 54.2 Å². The van der Waals surface area contributed by atoms with E-state index in [1.807, 2.05) is 18.2 Å². The second-order valence-electron chi connectivity index (χ2n) is 8.57. The number of anilines is 1. The Morgan fingerprint density at radius 2 is 1.56 bits per heavy atom. The highest BCUT2D eigenvalue weighted by Crippen LogP contribution is 2.32. The molecule has 0 atom stereocenters. The van der Waals surface area contributed by atoms with Crippen molar-refractivity contribution in [3.63, 3.8) is 0 Å². The van der Waals surface area contributed by atoms with Gasteiger partial charge in [-0.1, -0.05) is 35.9 Å². The van der Waals surface area contributed by atoms with E-state index >= 15 is 0 Å². The predicted molar refractivity (Wildman–Crippen MR) is 132 cm³/mol. The molecule has 0 spiro atoms. The van der Waals surface area contributed by atoms with Gasteiger partial charge in [0.1, 0.15) is 5.69 Å². The first kappa shape index (κ1) is 23.9. The Labute approximate surface area is 210 Å². The first-order valence-corrected chi connectivity index (χ1v) is 11.7. The molecule has 0 aliphatic carbocycles. The predicted octanol–water partition coefficient (Wildman–Crippen LogP) is 5.81. The first-order chi connectivity index (χ1) is 17.2. The van der Waals surface area contributed by atoms with Crippen LogP contribution in [0.1, 0.15) is 16.1 Å². The molecule has 0 bridgehead atoms. The second-order valence-corrected chi connectivity index (χ2v) is 9.00. The van der Waals surface area contributed by atoms with Crippen molar-refractivity contribution in [3.05, 3.63) is 95.3 Å². The number of halogens is 4. The van der Waals surface area contributed by atoms with Gasteiger partial charge in [-0.2, -0.15) is 13.2 Å². The first-order valence-electron chi connectivity index (χ1n) is 11.3. The molecule has 0 N–H and O–H groups in total. The Balaban J connectivity index is 1.38. The molecular formula is C27H21ClF3N3O2. The number of benzene rings is 2. The molecule has 0 radical (unpaired) electrons. The van der Waals surface area contributed by atoms with Crippen LogP contribution in [0.2, 0.25) is 5.02 Å². The molecule has 1 aliphatic rings. The molecule has 5 nitrogen and oxygen atoms in total. The molecule has 1 fully saturated rings. The number of fused-ring (bicyclic) bond motifs is 1. The largest absolute Gasteiger partial charge is 0.416 e. The van der Waals surface area contributed by atoms with Gasteiger partial charge in [-0.05, 0) is 54.1 Å². The number of hydrogen-bond acceptors (Lipinski definition) is 3. The zero-order valence-electron chi connectivity index (χ0n) is 19.0. The van der Waals surface area contributed by atoms with E-state index in [1.165, 1.54) is 11.0 Å². The molecule has 3 heterocycles. The molecule has 5 rings (SSSR count). The van der Waals surface area contributed by atoms with Crippen molar-refractivity contribution < 1.29 is 22.8 Å².